The molecule has 2 heterocycles. The molecule has 1 aromatic carbocycles. The van der Waals surface area contributed by atoms with E-state index in [9.17, 15) is 4.39 Å². The molecule has 2 fully saturated rings. The van der Waals surface area contributed by atoms with E-state index in [-0.39, 0.29) is 11.9 Å². The minimum Gasteiger partial charge on any atom is -0.373 e. The van der Waals surface area contributed by atoms with Crippen LogP contribution in [-0.4, -0.2) is 31.3 Å². The number of benzene rings is 1. The summed E-state index contributed by atoms with van der Waals surface area (Å²) in [4.78, 5) is 4.21. The average molecular weight is 356 g/mol. The van der Waals surface area contributed by atoms with Crippen molar-refractivity contribution < 1.29 is 9.13 Å². The lowest BCUT2D eigenvalue weighted by molar-refractivity contribution is 0.0992. The Labute approximate surface area is 132 Å². The summed E-state index contributed by atoms with van der Waals surface area (Å²) in [6, 6.07) is 5.23. The van der Waals surface area contributed by atoms with Gasteiger partial charge in [-0.25, -0.2) is 4.39 Å². The summed E-state index contributed by atoms with van der Waals surface area (Å²) in [6.45, 7) is 0.395. The van der Waals surface area contributed by atoms with Gasteiger partial charge in [-0.15, -0.1) is 0 Å². The van der Waals surface area contributed by atoms with Crippen molar-refractivity contribution in [1.29, 1.82) is 0 Å². The first-order chi connectivity index (χ1) is 10.2. The molecular formula is C15H19BrFN3O. The summed E-state index contributed by atoms with van der Waals surface area (Å²) in [5.41, 5.74) is 0.608. The summed E-state index contributed by atoms with van der Waals surface area (Å²) >= 11 is 3.36. The van der Waals surface area contributed by atoms with E-state index in [1.54, 1.807) is 19.2 Å². The van der Waals surface area contributed by atoms with E-state index in [1.807, 2.05) is 0 Å². The lowest BCUT2D eigenvalue weighted by Gasteiger charge is -2.22. The second-order valence-corrected chi connectivity index (χ2v) is 6.44. The lowest BCUT2D eigenvalue weighted by Crippen LogP contribution is -2.47. The van der Waals surface area contributed by atoms with Gasteiger partial charge in [0.2, 0.25) is 0 Å². The molecule has 114 valence electrons. The first-order valence-corrected chi connectivity index (χ1v) is 8.01. The van der Waals surface area contributed by atoms with Gasteiger partial charge in [0, 0.05) is 23.6 Å². The smallest absolute Gasteiger partial charge is 0.191 e. The summed E-state index contributed by atoms with van der Waals surface area (Å²) in [7, 11) is 1.72. The normalized spacial score (nSPS) is 28.0. The third-order valence-corrected chi connectivity index (χ3v) is 4.60. The molecule has 2 aliphatic rings. The Morgan fingerprint density at radius 3 is 3.00 bits per heavy atom. The standard InChI is InChI=1S/C15H19BrFN3O/c1-18-15(20-13-7-11-3-5-14(13)21-11)19-8-9-6-10(16)2-4-12(9)17/h2,4,6,11,13-14H,3,5,7-8H2,1H3,(H2,18,19,20). The molecule has 3 unspecified atom stereocenters. The van der Waals surface area contributed by atoms with Crippen molar-refractivity contribution in [2.75, 3.05) is 7.05 Å². The highest BCUT2D eigenvalue weighted by Crippen LogP contribution is 2.34. The zero-order chi connectivity index (χ0) is 14.8. The molecule has 3 rings (SSSR count). The van der Waals surface area contributed by atoms with Gasteiger partial charge in [-0.3, -0.25) is 4.99 Å². The number of hydrogen-bond acceptors (Lipinski definition) is 2. The van der Waals surface area contributed by atoms with Gasteiger partial charge in [0.15, 0.2) is 5.96 Å². The number of halogens is 2. The molecule has 4 nitrogen and oxygen atoms in total. The molecule has 2 N–H and O–H groups in total. The molecule has 2 bridgehead atoms. The fourth-order valence-electron chi connectivity index (χ4n) is 3.02. The highest BCUT2D eigenvalue weighted by Gasteiger charge is 2.41. The number of rotatable bonds is 3. The minimum atomic E-state index is -0.218. The van der Waals surface area contributed by atoms with E-state index in [0.29, 0.717) is 30.2 Å². The highest BCUT2D eigenvalue weighted by molar-refractivity contribution is 9.10. The molecule has 0 amide bonds. The monoisotopic (exact) mass is 355 g/mol. The van der Waals surface area contributed by atoms with Gasteiger partial charge in [0.25, 0.3) is 0 Å². The van der Waals surface area contributed by atoms with Gasteiger partial charge in [-0.2, -0.15) is 0 Å². The van der Waals surface area contributed by atoms with Crippen LogP contribution in [-0.2, 0) is 11.3 Å². The fourth-order valence-corrected chi connectivity index (χ4v) is 3.43. The largest absolute Gasteiger partial charge is 0.373 e. The maximum Gasteiger partial charge on any atom is 0.191 e. The average Bonchev–Trinajstić information content (AvgIpc) is 3.09. The van der Waals surface area contributed by atoms with Crippen LogP contribution in [0.25, 0.3) is 0 Å². The van der Waals surface area contributed by atoms with Crippen LogP contribution < -0.4 is 10.6 Å². The Morgan fingerprint density at radius 2 is 2.33 bits per heavy atom. The fraction of sp³-hybridized carbons (Fsp3) is 0.533. The third kappa shape index (κ3) is 3.37. The molecule has 0 spiro atoms. The topological polar surface area (TPSA) is 45.7 Å². The van der Waals surface area contributed by atoms with Crippen molar-refractivity contribution in [2.24, 2.45) is 4.99 Å². The van der Waals surface area contributed by atoms with Crippen LogP contribution in [0, 0.1) is 5.82 Å². The van der Waals surface area contributed by atoms with Crippen LogP contribution in [0.2, 0.25) is 0 Å². The van der Waals surface area contributed by atoms with Crippen molar-refractivity contribution in [3.63, 3.8) is 0 Å². The highest BCUT2D eigenvalue weighted by atomic mass is 79.9. The van der Waals surface area contributed by atoms with Crippen molar-refractivity contribution in [1.82, 2.24) is 10.6 Å². The Kier molecular flexibility index (Phi) is 4.45. The van der Waals surface area contributed by atoms with E-state index in [2.05, 4.69) is 31.6 Å². The third-order valence-electron chi connectivity index (χ3n) is 4.11. The summed E-state index contributed by atoms with van der Waals surface area (Å²) in [5.74, 6) is 0.472. The molecule has 6 heteroatoms. The zero-order valence-electron chi connectivity index (χ0n) is 11.9. The number of fused-ring (bicyclic) bond motifs is 2. The number of guanidine groups is 1. The molecule has 0 aromatic heterocycles. The van der Waals surface area contributed by atoms with Gasteiger partial charge in [0.1, 0.15) is 5.82 Å². The number of nitrogens with one attached hydrogen (secondary N) is 2. The molecule has 1 aromatic rings. The molecule has 0 radical (unpaired) electrons. The number of ether oxygens (including phenoxy) is 1. The first-order valence-electron chi connectivity index (χ1n) is 7.22. The molecule has 0 aliphatic carbocycles. The molecular weight excluding hydrogens is 337 g/mol. The number of hydrogen-bond donors (Lipinski definition) is 2. The van der Waals surface area contributed by atoms with E-state index in [0.717, 1.165) is 23.7 Å². The van der Waals surface area contributed by atoms with Gasteiger partial charge in [-0.1, -0.05) is 15.9 Å². The lowest BCUT2D eigenvalue weighted by atomic mass is 9.96. The van der Waals surface area contributed by atoms with E-state index >= 15 is 0 Å². The quantitative estimate of drug-likeness (QED) is 0.647. The Balaban J connectivity index is 1.57. The maximum absolute atomic E-state index is 13.7. The molecule has 2 aliphatic heterocycles. The van der Waals surface area contributed by atoms with Gasteiger partial charge in [-0.05, 0) is 37.5 Å². The van der Waals surface area contributed by atoms with E-state index in [1.165, 1.54) is 6.07 Å². The van der Waals surface area contributed by atoms with Crippen LogP contribution in [0.1, 0.15) is 24.8 Å². The summed E-state index contributed by atoms with van der Waals surface area (Å²) in [6.07, 6.45) is 3.98. The van der Waals surface area contributed by atoms with Crippen LogP contribution in [0.15, 0.2) is 27.7 Å². The van der Waals surface area contributed by atoms with Gasteiger partial charge < -0.3 is 15.4 Å². The van der Waals surface area contributed by atoms with E-state index < -0.39 is 0 Å². The molecule has 0 saturated carbocycles. The maximum atomic E-state index is 13.7. The summed E-state index contributed by atoms with van der Waals surface area (Å²) < 4.78 is 20.4. The van der Waals surface area contributed by atoms with Crippen molar-refractivity contribution in [2.45, 2.75) is 44.1 Å². The Bertz CT molecular complexity index is 552. The van der Waals surface area contributed by atoms with Crippen LogP contribution in [0.5, 0.6) is 0 Å². The van der Waals surface area contributed by atoms with Crippen molar-refractivity contribution in [3.8, 4) is 0 Å². The first kappa shape index (κ1) is 14.8. The zero-order valence-corrected chi connectivity index (χ0v) is 13.5. The number of nitrogens with zero attached hydrogens (tertiary/aromatic N) is 1. The van der Waals surface area contributed by atoms with Crippen LogP contribution in [0.4, 0.5) is 4.39 Å². The molecule has 21 heavy (non-hydrogen) atoms. The van der Waals surface area contributed by atoms with Gasteiger partial charge >= 0.3 is 0 Å². The van der Waals surface area contributed by atoms with Crippen LogP contribution in [0.3, 0.4) is 0 Å². The second-order valence-electron chi connectivity index (χ2n) is 5.52. The predicted molar refractivity (Wildman–Crippen MR) is 83.7 cm³/mol. The molecule has 3 atom stereocenters. The molecule has 2 saturated heterocycles. The predicted octanol–water partition coefficient (Wildman–Crippen LogP) is 2.57. The van der Waals surface area contributed by atoms with E-state index in [4.69, 9.17) is 4.74 Å². The van der Waals surface area contributed by atoms with Crippen molar-refractivity contribution >= 4 is 21.9 Å². The minimum absolute atomic E-state index is 0.218. The van der Waals surface area contributed by atoms with Crippen LogP contribution >= 0.6 is 15.9 Å². The SMILES string of the molecule is CN=C(NCc1cc(Br)ccc1F)NC1CC2CCC1O2. The second kappa shape index (κ2) is 6.32. The number of aliphatic imine (C=N–C) groups is 1. The van der Waals surface area contributed by atoms with Crippen molar-refractivity contribution in [3.05, 3.63) is 34.1 Å². The van der Waals surface area contributed by atoms with Gasteiger partial charge in [0.05, 0.1) is 18.2 Å². The Morgan fingerprint density at radius 1 is 1.48 bits per heavy atom. The summed E-state index contributed by atoms with van der Waals surface area (Å²) in [5, 5.41) is 6.54. The Hall–Kier alpha value is -1.14.